The zero-order chi connectivity index (χ0) is 14.3. The molecular formula is C14H21ClN2O2. The van der Waals surface area contributed by atoms with E-state index in [4.69, 9.17) is 16.3 Å². The number of hydrogen-bond donors (Lipinski definition) is 2. The molecule has 1 aromatic carbocycles. The molecule has 4 nitrogen and oxygen atoms in total. The maximum absolute atomic E-state index is 11.8. The summed E-state index contributed by atoms with van der Waals surface area (Å²) in [7, 11) is 1.61. The Balaban J connectivity index is 2.47. The average molecular weight is 285 g/mol. The normalized spacial score (nSPS) is 13.9. The van der Waals surface area contributed by atoms with Crippen LogP contribution < -0.4 is 10.6 Å². The topological polar surface area (TPSA) is 50.4 Å². The van der Waals surface area contributed by atoms with Gasteiger partial charge in [-0.05, 0) is 31.5 Å². The van der Waals surface area contributed by atoms with E-state index in [9.17, 15) is 4.79 Å². The largest absolute Gasteiger partial charge is 0.383 e. The Bertz CT molecular complexity index is 412. The van der Waals surface area contributed by atoms with Crippen molar-refractivity contribution in [2.45, 2.75) is 25.9 Å². The van der Waals surface area contributed by atoms with Gasteiger partial charge < -0.3 is 10.1 Å². The molecule has 0 aliphatic heterocycles. The zero-order valence-electron chi connectivity index (χ0n) is 11.6. The minimum atomic E-state index is -0.272. The minimum absolute atomic E-state index is 0.0362. The molecule has 1 unspecified atom stereocenters. The number of halogens is 1. The van der Waals surface area contributed by atoms with Gasteiger partial charge in [-0.1, -0.05) is 23.7 Å². The molecule has 106 valence electrons. The number of ether oxygens (including phenoxy) is 1. The number of benzene rings is 1. The molecule has 1 rings (SSSR count). The SMILES string of the molecule is COCCNC(=O)C(C)N[C@H](C)c1cccc(Cl)c1. The number of amides is 1. The van der Waals surface area contributed by atoms with Crippen molar-refractivity contribution < 1.29 is 9.53 Å². The van der Waals surface area contributed by atoms with E-state index >= 15 is 0 Å². The lowest BCUT2D eigenvalue weighted by atomic mass is 10.1. The molecule has 0 heterocycles. The second-order valence-electron chi connectivity index (χ2n) is 4.45. The Kier molecular flexibility index (Phi) is 6.84. The standard InChI is InChI=1S/C14H21ClN2O2/c1-10(12-5-4-6-13(15)9-12)17-11(2)14(18)16-7-8-19-3/h4-6,9-11,17H,7-8H2,1-3H3,(H,16,18)/t10-,11?/m1/s1. The Morgan fingerprint density at radius 2 is 2.16 bits per heavy atom. The van der Waals surface area contributed by atoms with Crippen LogP contribution in [0.5, 0.6) is 0 Å². The summed E-state index contributed by atoms with van der Waals surface area (Å²) in [5.74, 6) is -0.0362. The minimum Gasteiger partial charge on any atom is -0.383 e. The van der Waals surface area contributed by atoms with E-state index in [1.807, 2.05) is 38.1 Å². The van der Waals surface area contributed by atoms with Crippen LogP contribution in [-0.2, 0) is 9.53 Å². The summed E-state index contributed by atoms with van der Waals surface area (Å²) in [5.41, 5.74) is 1.06. The fourth-order valence-electron chi connectivity index (χ4n) is 1.75. The first kappa shape index (κ1) is 16.0. The predicted molar refractivity (Wildman–Crippen MR) is 77.4 cm³/mol. The van der Waals surface area contributed by atoms with Crippen LogP contribution in [0, 0.1) is 0 Å². The Hall–Kier alpha value is -1.10. The third-order valence-corrected chi connectivity index (χ3v) is 3.08. The van der Waals surface area contributed by atoms with Gasteiger partial charge in [0.25, 0.3) is 0 Å². The zero-order valence-corrected chi connectivity index (χ0v) is 12.3. The van der Waals surface area contributed by atoms with E-state index in [1.54, 1.807) is 7.11 Å². The third-order valence-electron chi connectivity index (χ3n) is 2.85. The molecule has 1 aromatic rings. The van der Waals surface area contributed by atoms with Gasteiger partial charge in [0.1, 0.15) is 0 Å². The van der Waals surface area contributed by atoms with Gasteiger partial charge in [0.15, 0.2) is 0 Å². The van der Waals surface area contributed by atoms with Crippen molar-refractivity contribution in [1.82, 2.24) is 10.6 Å². The summed E-state index contributed by atoms with van der Waals surface area (Å²) >= 11 is 5.95. The Labute approximate surface area is 119 Å². The van der Waals surface area contributed by atoms with Crippen molar-refractivity contribution in [1.29, 1.82) is 0 Å². The molecule has 2 N–H and O–H groups in total. The number of carbonyl (C=O) groups is 1. The summed E-state index contributed by atoms with van der Waals surface area (Å²) in [5, 5.41) is 6.74. The maximum Gasteiger partial charge on any atom is 0.236 e. The molecule has 19 heavy (non-hydrogen) atoms. The summed E-state index contributed by atoms with van der Waals surface area (Å²) < 4.78 is 4.89. The van der Waals surface area contributed by atoms with Gasteiger partial charge in [0, 0.05) is 24.7 Å². The molecule has 5 heteroatoms. The number of methoxy groups -OCH3 is 1. The van der Waals surface area contributed by atoms with Gasteiger partial charge >= 0.3 is 0 Å². The third kappa shape index (κ3) is 5.59. The average Bonchev–Trinajstić information content (AvgIpc) is 2.38. The first-order valence-electron chi connectivity index (χ1n) is 6.32. The Morgan fingerprint density at radius 3 is 2.79 bits per heavy atom. The van der Waals surface area contributed by atoms with E-state index in [1.165, 1.54) is 0 Å². The van der Waals surface area contributed by atoms with Gasteiger partial charge in [-0.15, -0.1) is 0 Å². The van der Waals surface area contributed by atoms with Crippen LogP contribution in [0.25, 0.3) is 0 Å². The monoisotopic (exact) mass is 284 g/mol. The highest BCUT2D eigenvalue weighted by molar-refractivity contribution is 6.30. The first-order chi connectivity index (χ1) is 9.04. The van der Waals surface area contributed by atoms with Crippen LogP contribution in [0.4, 0.5) is 0 Å². The molecule has 0 bridgehead atoms. The van der Waals surface area contributed by atoms with Gasteiger partial charge in [-0.3, -0.25) is 10.1 Å². The van der Waals surface area contributed by atoms with Gasteiger partial charge in [0.05, 0.1) is 12.6 Å². The predicted octanol–water partition coefficient (Wildman–Crippen LogP) is 2.14. The summed E-state index contributed by atoms with van der Waals surface area (Å²) in [6.45, 7) is 4.88. The van der Waals surface area contributed by atoms with Crippen molar-refractivity contribution in [3.8, 4) is 0 Å². The smallest absolute Gasteiger partial charge is 0.236 e. The van der Waals surface area contributed by atoms with Crippen molar-refractivity contribution in [3.05, 3.63) is 34.9 Å². The highest BCUT2D eigenvalue weighted by atomic mass is 35.5. The fraction of sp³-hybridized carbons (Fsp3) is 0.500. The summed E-state index contributed by atoms with van der Waals surface area (Å²) in [6.07, 6.45) is 0. The lowest BCUT2D eigenvalue weighted by Crippen LogP contribution is -2.44. The number of carbonyl (C=O) groups excluding carboxylic acids is 1. The van der Waals surface area contributed by atoms with Gasteiger partial charge in [0.2, 0.25) is 5.91 Å². The lowest BCUT2D eigenvalue weighted by molar-refractivity contribution is -0.123. The quantitative estimate of drug-likeness (QED) is 0.754. The van der Waals surface area contributed by atoms with E-state index in [0.717, 1.165) is 5.56 Å². The molecule has 0 aliphatic carbocycles. The van der Waals surface area contributed by atoms with E-state index in [0.29, 0.717) is 18.2 Å². The van der Waals surface area contributed by atoms with Crippen molar-refractivity contribution in [3.63, 3.8) is 0 Å². The molecule has 0 radical (unpaired) electrons. The van der Waals surface area contributed by atoms with E-state index in [-0.39, 0.29) is 18.0 Å². The van der Waals surface area contributed by atoms with Gasteiger partial charge in [-0.2, -0.15) is 0 Å². The van der Waals surface area contributed by atoms with E-state index < -0.39 is 0 Å². The second-order valence-corrected chi connectivity index (χ2v) is 4.89. The van der Waals surface area contributed by atoms with Crippen molar-refractivity contribution >= 4 is 17.5 Å². The van der Waals surface area contributed by atoms with Crippen LogP contribution in [0.3, 0.4) is 0 Å². The Morgan fingerprint density at radius 1 is 1.42 bits per heavy atom. The molecule has 0 aromatic heterocycles. The molecule has 0 fully saturated rings. The summed E-state index contributed by atoms with van der Waals surface area (Å²) in [4.78, 5) is 11.8. The molecule has 1 amide bonds. The highest BCUT2D eigenvalue weighted by Gasteiger charge is 2.15. The first-order valence-corrected chi connectivity index (χ1v) is 6.70. The second kappa shape index (κ2) is 8.15. The lowest BCUT2D eigenvalue weighted by Gasteiger charge is -2.20. The number of nitrogens with one attached hydrogen (secondary N) is 2. The van der Waals surface area contributed by atoms with Crippen LogP contribution in [0.1, 0.15) is 25.5 Å². The van der Waals surface area contributed by atoms with Crippen LogP contribution in [0.2, 0.25) is 5.02 Å². The fourth-order valence-corrected chi connectivity index (χ4v) is 1.95. The highest BCUT2D eigenvalue weighted by Crippen LogP contribution is 2.17. The summed E-state index contributed by atoms with van der Waals surface area (Å²) in [6, 6.07) is 7.40. The van der Waals surface area contributed by atoms with Gasteiger partial charge in [-0.25, -0.2) is 0 Å². The molecule has 2 atom stereocenters. The maximum atomic E-state index is 11.8. The molecule has 0 saturated heterocycles. The van der Waals surface area contributed by atoms with Crippen molar-refractivity contribution in [2.75, 3.05) is 20.3 Å². The molecule has 0 saturated carbocycles. The van der Waals surface area contributed by atoms with Crippen LogP contribution >= 0.6 is 11.6 Å². The van der Waals surface area contributed by atoms with E-state index in [2.05, 4.69) is 10.6 Å². The molecule has 0 aliphatic rings. The molecule has 0 spiro atoms. The van der Waals surface area contributed by atoms with Crippen molar-refractivity contribution in [2.24, 2.45) is 0 Å². The molecular weight excluding hydrogens is 264 g/mol. The number of hydrogen-bond acceptors (Lipinski definition) is 3. The van der Waals surface area contributed by atoms with Crippen LogP contribution in [0.15, 0.2) is 24.3 Å². The van der Waals surface area contributed by atoms with Crippen LogP contribution in [-0.4, -0.2) is 32.2 Å². The number of rotatable bonds is 7.